The Balaban J connectivity index is 1.60. The first-order chi connectivity index (χ1) is 10.2. The Bertz CT molecular complexity index is 473. The van der Waals surface area contributed by atoms with Gasteiger partial charge in [-0.1, -0.05) is 0 Å². The number of fused-ring (bicyclic) bond motifs is 1. The van der Waals surface area contributed by atoms with Crippen LogP contribution in [0, 0.1) is 0 Å². The van der Waals surface area contributed by atoms with Crippen molar-refractivity contribution >= 4 is 0 Å². The van der Waals surface area contributed by atoms with Gasteiger partial charge in [0, 0.05) is 43.7 Å². The molecule has 4 nitrogen and oxygen atoms in total. The zero-order valence-electron chi connectivity index (χ0n) is 13.9. The second-order valence-corrected chi connectivity index (χ2v) is 7.00. The van der Waals surface area contributed by atoms with Gasteiger partial charge in [0.1, 0.15) is 5.82 Å². The van der Waals surface area contributed by atoms with Crippen LogP contribution < -0.4 is 5.32 Å². The minimum absolute atomic E-state index is 0.652. The molecule has 0 bridgehead atoms. The van der Waals surface area contributed by atoms with Crippen LogP contribution in [0.1, 0.15) is 62.7 Å². The van der Waals surface area contributed by atoms with Crippen molar-refractivity contribution in [3.63, 3.8) is 0 Å². The van der Waals surface area contributed by atoms with Gasteiger partial charge in [-0.15, -0.1) is 0 Å². The zero-order chi connectivity index (χ0) is 14.8. The van der Waals surface area contributed by atoms with Crippen molar-refractivity contribution in [2.75, 3.05) is 20.1 Å². The summed E-state index contributed by atoms with van der Waals surface area (Å²) in [4.78, 5) is 7.38. The summed E-state index contributed by atoms with van der Waals surface area (Å²) in [5.41, 5.74) is 2.84. The lowest BCUT2D eigenvalue weighted by atomic mass is 10.1. The molecule has 0 unspecified atom stereocenters. The number of nitrogens with zero attached hydrogens (tertiary/aromatic N) is 3. The van der Waals surface area contributed by atoms with E-state index >= 15 is 0 Å². The van der Waals surface area contributed by atoms with E-state index < -0.39 is 0 Å². The van der Waals surface area contributed by atoms with Crippen LogP contribution in [0.2, 0.25) is 0 Å². The first kappa shape index (κ1) is 15.0. The molecule has 0 atom stereocenters. The van der Waals surface area contributed by atoms with Crippen LogP contribution in [0.4, 0.5) is 0 Å². The number of nitrogens with one attached hydrogen (secondary N) is 1. The average Bonchev–Trinajstić information content (AvgIpc) is 3.25. The van der Waals surface area contributed by atoms with Crippen molar-refractivity contribution in [2.45, 2.75) is 71.0 Å². The third-order valence-electron chi connectivity index (χ3n) is 4.98. The van der Waals surface area contributed by atoms with Crippen molar-refractivity contribution in [1.29, 1.82) is 0 Å². The number of imidazole rings is 1. The van der Waals surface area contributed by atoms with Gasteiger partial charge in [-0.05, 0) is 53.1 Å². The van der Waals surface area contributed by atoms with Crippen molar-refractivity contribution < 1.29 is 0 Å². The van der Waals surface area contributed by atoms with E-state index in [0.29, 0.717) is 6.04 Å². The first-order valence-electron chi connectivity index (χ1n) is 8.66. The maximum Gasteiger partial charge on any atom is 0.112 e. The van der Waals surface area contributed by atoms with E-state index in [1.807, 2.05) is 0 Å². The molecule has 1 aliphatic heterocycles. The highest BCUT2D eigenvalue weighted by atomic mass is 15.1. The van der Waals surface area contributed by atoms with Crippen molar-refractivity contribution in [3.05, 3.63) is 17.2 Å². The van der Waals surface area contributed by atoms with Crippen LogP contribution in [0.15, 0.2) is 0 Å². The summed E-state index contributed by atoms with van der Waals surface area (Å²) < 4.78 is 2.57. The van der Waals surface area contributed by atoms with Crippen molar-refractivity contribution in [1.82, 2.24) is 19.8 Å². The van der Waals surface area contributed by atoms with Crippen LogP contribution in [0.3, 0.4) is 0 Å². The topological polar surface area (TPSA) is 33.1 Å². The van der Waals surface area contributed by atoms with Crippen LogP contribution in [0.25, 0.3) is 0 Å². The molecule has 2 aliphatic rings. The quantitative estimate of drug-likeness (QED) is 0.783. The molecule has 1 fully saturated rings. The van der Waals surface area contributed by atoms with E-state index in [1.165, 1.54) is 56.0 Å². The second-order valence-electron chi connectivity index (χ2n) is 7.00. The fourth-order valence-corrected chi connectivity index (χ4v) is 3.18. The molecule has 1 aromatic heterocycles. The molecule has 0 saturated heterocycles. The number of unbranched alkanes of at least 4 members (excludes halogenated alkanes) is 1. The lowest BCUT2D eigenvalue weighted by molar-refractivity contribution is 0.266. The largest absolute Gasteiger partial charge is 0.331 e. The van der Waals surface area contributed by atoms with E-state index in [0.717, 1.165) is 25.4 Å². The van der Waals surface area contributed by atoms with Gasteiger partial charge in [0.15, 0.2) is 0 Å². The standard InChI is InChI=1S/C17H30N4/c1-13(2)20(3)10-4-5-11-21-16-8-9-18-12-15(16)19-17(21)14-6-7-14/h13-14,18H,4-12H2,1-3H3. The van der Waals surface area contributed by atoms with E-state index in [4.69, 9.17) is 4.98 Å². The lowest BCUT2D eigenvalue weighted by Crippen LogP contribution is -2.27. The maximum atomic E-state index is 4.94. The molecule has 1 aliphatic carbocycles. The van der Waals surface area contributed by atoms with E-state index in [-0.39, 0.29) is 0 Å². The average molecular weight is 290 g/mol. The molecule has 1 saturated carbocycles. The minimum Gasteiger partial charge on any atom is -0.331 e. The maximum absolute atomic E-state index is 4.94. The molecule has 1 N–H and O–H groups in total. The number of hydrogen-bond donors (Lipinski definition) is 1. The molecule has 21 heavy (non-hydrogen) atoms. The summed E-state index contributed by atoms with van der Waals surface area (Å²) in [6.45, 7) is 8.99. The monoisotopic (exact) mass is 290 g/mol. The third-order valence-corrected chi connectivity index (χ3v) is 4.98. The summed E-state index contributed by atoms with van der Waals surface area (Å²) in [5, 5.41) is 3.45. The van der Waals surface area contributed by atoms with Crippen LogP contribution in [-0.2, 0) is 19.5 Å². The van der Waals surface area contributed by atoms with Crippen molar-refractivity contribution in [2.24, 2.45) is 0 Å². The summed E-state index contributed by atoms with van der Waals surface area (Å²) >= 11 is 0. The predicted octanol–water partition coefficient (Wildman–Crippen LogP) is 2.53. The van der Waals surface area contributed by atoms with Gasteiger partial charge in [-0.3, -0.25) is 0 Å². The van der Waals surface area contributed by atoms with Crippen LogP contribution in [0.5, 0.6) is 0 Å². The Hall–Kier alpha value is -0.870. The molecule has 0 spiro atoms. The molecule has 118 valence electrons. The van der Waals surface area contributed by atoms with Crippen molar-refractivity contribution in [3.8, 4) is 0 Å². The van der Waals surface area contributed by atoms with Gasteiger partial charge >= 0.3 is 0 Å². The fourth-order valence-electron chi connectivity index (χ4n) is 3.18. The molecule has 1 aromatic rings. The van der Waals surface area contributed by atoms with Gasteiger partial charge in [0.25, 0.3) is 0 Å². The Labute approximate surface area is 128 Å². The highest BCUT2D eigenvalue weighted by Crippen LogP contribution is 2.40. The van der Waals surface area contributed by atoms with E-state index in [2.05, 4.69) is 35.7 Å². The Morgan fingerprint density at radius 1 is 1.33 bits per heavy atom. The van der Waals surface area contributed by atoms with Gasteiger partial charge in [-0.25, -0.2) is 4.98 Å². The summed E-state index contributed by atoms with van der Waals surface area (Å²) in [6.07, 6.45) is 6.40. The minimum atomic E-state index is 0.652. The smallest absolute Gasteiger partial charge is 0.112 e. The van der Waals surface area contributed by atoms with E-state index in [1.54, 1.807) is 0 Å². The zero-order valence-corrected chi connectivity index (χ0v) is 13.9. The summed E-state index contributed by atoms with van der Waals surface area (Å²) in [7, 11) is 2.23. The lowest BCUT2D eigenvalue weighted by Gasteiger charge is -2.21. The summed E-state index contributed by atoms with van der Waals surface area (Å²) in [5.74, 6) is 2.15. The second kappa shape index (κ2) is 6.49. The van der Waals surface area contributed by atoms with Crippen LogP contribution >= 0.6 is 0 Å². The molecule has 0 amide bonds. The molecule has 4 heteroatoms. The van der Waals surface area contributed by atoms with Gasteiger partial charge in [0.05, 0.1) is 5.69 Å². The Kier molecular flexibility index (Phi) is 4.65. The highest BCUT2D eigenvalue weighted by molar-refractivity contribution is 5.24. The summed E-state index contributed by atoms with van der Waals surface area (Å²) in [6, 6.07) is 0.652. The predicted molar refractivity (Wildman–Crippen MR) is 86.6 cm³/mol. The van der Waals surface area contributed by atoms with Gasteiger partial charge in [-0.2, -0.15) is 0 Å². The van der Waals surface area contributed by atoms with E-state index in [9.17, 15) is 0 Å². The van der Waals surface area contributed by atoms with Crippen LogP contribution in [-0.4, -0.2) is 40.6 Å². The fraction of sp³-hybridized carbons (Fsp3) is 0.824. The number of rotatable bonds is 7. The highest BCUT2D eigenvalue weighted by Gasteiger charge is 2.31. The SMILES string of the molecule is CC(C)N(C)CCCCn1c(C2CC2)nc2c1CCNC2. The molecular formula is C17H30N4. The molecule has 2 heterocycles. The third kappa shape index (κ3) is 3.49. The van der Waals surface area contributed by atoms with Gasteiger partial charge in [0.2, 0.25) is 0 Å². The first-order valence-corrected chi connectivity index (χ1v) is 8.66. The number of hydrogen-bond acceptors (Lipinski definition) is 3. The Morgan fingerprint density at radius 2 is 2.14 bits per heavy atom. The normalized spacial score (nSPS) is 18.5. The molecule has 3 rings (SSSR count). The molecular weight excluding hydrogens is 260 g/mol. The number of aromatic nitrogens is 2. The Morgan fingerprint density at radius 3 is 2.86 bits per heavy atom. The molecule has 0 aromatic carbocycles. The van der Waals surface area contributed by atoms with Gasteiger partial charge < -0.3 is 14.8 Å². The molecule has 0 radical (unpaired) electrons.